The molecule has 14 heavy (non-hydrogen) atoms. The normalized spacial score (nSPS) is 14.9. The summed E-state index contributed by atoms with van der Waals surface area (Å²) in [4.78, 5) is 11.0. The topological polar surface area (TPSA) is 50.7 Å². The van der Waals surface area contributed by atoms with E-state index in [0.29, 0.717) is 6.42 Å². The number of para-hydroxylation sites is 1. The molecule has 4 nitrogen and oxygen atoms in total. The van der Waals surface area contributed by atoms with E-state index >= 15 is 0 Å². The lowest BCUT2D eigenvalue weighted by atomic mass is 10.1. The highest BCUT2D eigenvalue weighted by molar-refractivity contribution is 6.14. The second-order valence-corrected chi connectivity index (χ2v) is 2.97. The molecule has 1 heterocycles. The Hall–Kier alpha value is -1.84. The third kappa shape index (κ3) is 1.46. The van der Waals surface area contributed by atoms with Crippen molar-refractivity contribution in [2.24, 2.45) is 5.10 Å². The summed E-state index contributed by atoms with van der Waals surface area (Å²) in [5.41, 5.74) is 4.01. The molecule has 4 heteroatoms. The maximum absolute atomic E-state index is 11.0. The van der Waals surface area contributed by atoms with Gasteiger partial charge in [0.25, 0.3) is 0 Å². The predicted molar refractivity (Wildman–Crippen MR) is 52.3 cm³/mol. The van der Waals surface area contributed by atoms with E-state index in [4.69, 9.17) is 4.74 Å². The molecule has 0 fully saturated rings. The van der Waals surface area contributed by atoms with Crippen molar-refractivity contribution in [1.82, 2.24) is 5.43 Å². The van der Waals surface area contributed by atoms with Crippen LogP contribution in [-0.2, 0) is 4.79 Å². The van der Waals surface area contributed by atoms with E-state index in [1.807, 2.05) is 24.3 Å². The molecule has 0 saturated heterocycles. The molecule has 1 aliphatic heterocycles. The fraction of sp³-hybridized carbons (Fsp3) is 0.200. The van der Waals surface area contributed by atoms with E-state index in [1.165, 1.54) is 0 Å². The van der Waals surface area contributed by atoms with Crippen LogP contribution in [0.2, 0.25) is 0 Å². The highest BCUT2D eigenvalue weighted by atomic mass is 16.5. The quantitative estimate of drug-likeness (QED) is 0.753. The van der Waals surface area contributed by atoms with Crippen LogP contribution in [0, 0.1) is 0 Å². The first-order chi connectivity index (χ1) is 6.81. The Labute approximate surface area is 81.6 Å². The Kier molecular flexibility index (Phi) is 2.18. The molecule has 0 unspecified atom stereocenters. The number of nitrogens with zero attached hydrogens (tertiary/aromatic N) is 1. The van der Waals surface area contributed by atoms with Crippen LogP contribution in [0.3, 0.4) is 0 Å². The maximum Gasteiger partial charge on any atom is 0.246 e. The summed E-state index contributed by atoms with van der Waals surface area (Å²) in [5, 5.41) is 3.93. The van der Waals surface area contributed by atoms with Crippen LogP contribution in [0.15, 0.2) is 29.4 Å². The van der Waals surface area contributed by atoms with Gasteiger partial charge < -0.3 is 4.74 Å². The van der Waals surface area contributed by atoms with Crippen molar-refractivity contribution in [2.75, 3.05) is 7.11 Å². The molecule has 1 aliphatic rings. The molecule has 2 rings (SSSR count). The lowest BCUT2D eigenvalue weighted by Gasteiger charge is -2.05. The average molecular weight is 190 g/mol. The van der Waals surface area contributed by atoms with Crippen molar-refractivity contribution < 1.29 is 9.53 Å². The number of benzene rings is 1. The third-order valence-electron chi connectivity index (χ3n) is 2.06. The summed E-state index contributed by atoms with van der Waals surface area (Å²) in [6.45, 7) is 0. The summed E-state index contributed by atoms with van der Waals surface area (Å²) in [5.74, 6) is 0.661. The van der Waals surface area contributed by atoms with Gasteiger partial charge in [0, 0.05) is 5.56 Å². The van der Waals surface area contributed by atoms with Crippen molar-refractivity contribution in [1.29, 1.82) is 0 Å². The number of hydrogen-bond donors (Lipinski definition) is 1. The minimum Gasteiger partial charge on any atom is -0.496 e. The largest absolute Gasteiger partial charge is 0.496 e. The Balaban J connectivity index is 2.36. The lowest BCUT2D eigenvalue weighted by Crippen LogP contribution is -2.09. The molecule has 0 bridgehead atoms. The molecule has 1 amide bonds. The number of rotatable bonds is 2. The minimum atomic E-state index is -0.0779. The van der Waals surface area contributed by atoms with Crippen molar-refractivity contribution >= 4 is 11.6 Å². The summed E-state index contributed by atoms with van der Waals surface area (Å²) in [6, 6.07) is 7.51. The van der Waals surface area contributed by atoms with Crippen molar-refractivity contribution in [2.45, 2.75) is 6.42 Å². The molecule has 0 radical (unpaired) electrons. The average Bonchev–Trinajstić information content (AvgIpc) is 2.65. The van der Waals surface area contributed by atoms with E-state index < -0.39 is 0 Å². The van der Waals surface area contributed by atoms with Gasteiger partial charge in [-0.2, -0.15) is 5.10 Å². The lowest BCUT2D eigenvalue weighted by molar-refractivity contribution is -0.119. The molecule has 0 aliphatic carbocycles. The van der Waals surface area contributed by atoms with E-state index in [0.717, 1.165) is 17.0 Å². The summed E-state index contributed by atoms with van der Waals surface area (Å²) < 4.78 is 5.17. The number of methoxy groups -OCH3 is 1. The molecule has 0 saturated carbocycles. The maximum atomic E-state index is 11.0. The molecule has 0 spiro atoms. The van der Waals surface area contributed by atoms with Gasteiger partial charge in [-0.05, 0) is 12.1 Å². The number of carbonyl (C=O) groups is 1. The fourth-order valence-electron chi connectivity index (χ4n) is 1.40. The van der Waals surface area contributed by atoms with Crippen molar-refractivity contribution in [3.8, 4) is 5.75 Å². The van der Waals surface area contributed by atoms with Gasteiger partial charge in [0.1, 0.15) is 5.75 Å². The van der Waals surface area contributed by atoms with Gasteiger partial charge >= 0.3 is 0 Å². The van der Waals surface area contributed by atoms with Crippen LogP contribution in [0.25, 0.3) is 0 Å². The first-order valence-electron chi connectivity index (χ1n) is 4.30. The van der Waals surface area contributed by atoms with Gasteiger partial charge in [0.05, 0.1) is 19.2 Å². The van der Waals surface area contributed by atoms with Crippen molar-refractivity contribution in [3.05, 3.63) is 29.8 Å². The van der Waals surface area contributed by atoms with E-state index in [9.17, 15) is 4.79 Å². The van der Waals surface area contributed by atoms with E-state index in [2.05, 4.69) is 10.5 Å². The smallest absolute Gasteiger partial charge is 0.246 e. The molecule has 1 aromatic carbocycles. The first-order valence-corrected chi connectivity index (χ1v) is 4.30. The Morgan fingerprint density at radius 3 is 2.86 bits per heavy atom. The van der Waals surface area contributed by atoms with Crippen LogP contribution in [0.4, 0.5) is 0 Å². The first kappa shape index (κ1) is 8.74. The number of nitrogens with one attached hydrogen (secondary N) is 1. The number of carbonyl (C=O) groups excluding carboxylic acids is 1. The molecule has 72 valence electrons. The summed E-state index contributed by atoms with van der Waals surface area (Å²) in [7, 11) is 1.60. The fourth-order valence-corrected chi connectivity index (χ4v) is 1.40. The summed E-state index contributed by atoms with van der Waals surface area (Å²) >= 11 is 0. The van der Waals surface area contributed by atoms with E-state index in [1.54, 1.807) is 7.11 Å². The molecule has 0 atom stereocenters. The number of hydrazone groups is 1. The highest BCUT2D eigenvalue weighted by Crippen LogP contribution is 2.20. The van der Waals surface area contributed by atoms with Gasteiger partial charge in [0.15, 0.2) is 0 Å². The number of amides is 1. The van der Waals surface area contributed by atoms with Crippen LogP contribution < -0.4 is 10.2 Å². The van der Waals surface area contributed by atoms with Gasteiger partial charge in [-0.15, -0.1) is 0 Å². The third-order valence-corrected chi connectivity index (χ3v) is 2.06. The summed E-state index contributed by atoms with van der Waals surface area (Å²) in [6.07, 6.45) is 0.320. The zero-order chi connectivity index (χ0) is 9.97. The minimum absolute atomic E-state index is 0.0779. The van der Waals surface area contributed by atoms with Crippen molar-refractivity contribution in [3.63, 3.8) is 0 Å². The van der Waals surface area contributed by atoms with Crippen LogP contribution in [0.1, 0.15) is 12.0 Å². The van der Waals surface area contributed by atoms with Crippen LogP contribution >= 0.6 is 0 Å². The molecule has 0 aromatic heterocycles. The van der Waals surface area contributed by atoms with Crippen LogP contribution in [-0.4, -0.2) is 18.7 Å². The van der Waals surface area contributed by atoms with E-state index in [-0.39, 0.29) is 5.91 Å². The molecular formula is C10H10N2O2. The predicted octanol–water partition coefficient (Wildman–Crippen LogP) is 0.919. The number of hydrogen-bond acceptors (Lipinski definition) is 3. The van der Waals surface area contributed by atoms with Gasteiger partial charge in [0.2, 0.25) is 5.91 Å². The second-order valence-electron chi connectivity index (χ2n) is 2.97. The Morgan fingerprint density at radius 1 is 1.43 bits per heavy atom. The molecule has 1 N–H and O–H groups in total. The molecule has 1 aromatic rings. The standard InChI is InChI=1S/C10H10N2O2/c1-14-9-5-3-2-4-7(9)8-6-10(13)12-11-8/h2-5H,6H2,1H3,(H,12,13). The zero-order valence-electron chi connectivity index (χ0n) is 7.78. The van der Waals surface area contributed by atoms with Gasteiger partial charge in [-0.3, -0.25) is 4.79 Å². The monoisotopic (exact) mass is 190 g/mol. The second kappa shape index (κ2) is 3.49. The molecular weight excluding hydrogens is 180 g/mol. The number of ether oxygens (including phenoxy) is 1. The zero-order valence-corrected chi connectivity index (χ0v) is 7.78. The van der Waals surface area contributed by atoms with Crippen LogP contribution in [0.5, 0.6) is 5.75 Å². The SMILES string of the molecule is COc1ccccc1C1=NNC(=O)C1. The van der Waals surface area contributed by atoms with Gasteiger partial charge in [-0.25, -0.2) is 5.43 Å². The van der Waals surface area contributed by atoms with Gasteiger partial charge in [-0.1, -0.05) is 12.1 Å². The highest BCUT2D eigenvalue weighted by Gasteiger charge is 2.18. The Bertz CT molecular complexity index is 399. The Morgan fingerprint density at radius 2 is 2.21 bits per heavy atom.